The van der Waals surface area contributed by atoms with Crippen molar-refractivity contribution >= 4 is 39.0 Å². The lowest BCUT2D eigenvalue weighted by atomic mass is 10.1. The van der Waals surface area contributed by atoms with Gasteiger partial charge in [-0.2, -0.15) is 9.78 Å². The van der Waals surface area contributed by atoms with E-state index in [0.29, 0.717) is 53.2 Å². The smallest absolute Gasteiger partial charge is 0.346 e. The van der Waals surface area contributed by atoms with Crippen LogP contribution in [0.25, 0.3) is 10.9 Å². The number of esters is 1. The van der Waals surface area contributed by atoms with Crippen molar-refractivity contribution in [2.24, 2.45) is 5.10 Å². The molecule has 0 spiro atoms. The number of aromatic nitrogens is 2. The number of hydrogen-bond acceptors (Lipinski definition) is 7. The van der Waals surface area contributed by atoms with Gasteiger partial charge in [0, 0.05) is 16.5 Å². The summed E-state index contributed by atoms with van der Waals surface area (Å²) in [7, 11) is 1.31. The van der Waals surface area contributed by atoms with Crippen molar-refractivity contribution in [3.63, 3.8) is 0 Å². The number of rotatable bonds is 10. The maximum Gasteiger partial charge on any atom is 0.346 e. The van der Waals surface area contributed by atoms with E-state index in [2.05, 4.69) is 32.6 Å². The molecule has 0 aliphatic rings. The van der Waals surface area contributed by atoms with Gasteiger partial charge in [-0.25, -0.2) is 9.78 Å². The molecule has 0 radical (unpaired) electrons. The fourth-order valence-electron chi connectivity index (χ4n) is 3.52. The molecule has 0 aliphatic heterocycles. The zero-order valence-corrected chi connectivity index (χ0v) is 21.8. The molecule has 0 aliphatic carbocycles. The average Bonchev–Trinajstić information content (AvgIpc) is 2.85. The third-order valence-electron chi connectivity index (χ3n) is 5.16. The number of hydrogen-bond donors (Lipinski definition) is 0. The molecule has 184 valence electrons. The molecule has 8 nitrogen and oxygen atoms in total. The Morgan fingerprint density at radius 3 is 2.71 bits per heavy atom. The Bertz CT molecular complexity index is 1330. The van der Waals surface area contributed by atoms with E-state index in [1.54, 1.807) is 37.4 Å². The van der Waals surface area contributed by atoms with E-state index < -0.39 is 12.1 Å². The summed E-state index contributed by atoms with van der Waals surface area (Å²) in [5.41, 5.74) is 1.81. The van der Waals surface area contributed by atoms with Crippen LogP contribution in [0.2, 0.25) is 0 Å². The van der Waals surface area contributed by atoms with Crippen molar-refractivity contribution in [3.05, 3.63) is 74.8 Å². The first-order valence-electron chi connectivity index (χ1n) is 11.2. The van der Waals surface area contributed by atoms with Crippen LogP contribution in [0, 0.1) is 0 Å². The summed E-state index contributed by atoms with van der Waals surface area (Å²) in [6.07, 6.45) is 3.48. The average molecular weight is 542 g/mol. The van der Waals surface area contributed by atoms with Gasteiger partial charge in [0.1, 0.15) is 5.82 Å². The van der Waals surface area contributed by atoms with Crippen molar-refractivity contribution in [1.29, 1.82) is 0 Å². The number of fused-ring (bicyclic) bond motifs is 1. The van der Waals surface area contributed by atoms with Crippen molar-refractivity contribution in [3.8, 4) is 11.5 Å². The molecule has 3 aromatic rings. The third-order valence-corrected chi connectivity index (χ3v) is 5.65. The first kappa shape index (κ1) is 26.2. The minimum atomic E-state index is -0.823. The predicted octanol–water partition coefficient (Wildman–Crippen LogP) is 4.67. The van der Waals surface area contributed by atoms with Gasteiger partial charge in [0.25, 0.3) is 5.56 Å². The molecule has 0 saturated heterocycles. The summed E-state index contributed by atoms with van der Waals surface area (Å²) < 4.78 is 18.6. The summed E-state index contributed by atoms with van der Waals surface area (Å²) in [6.45, 7) is 9.59. The molecule has 1 atom stereocenters. The van der Waals surface area contributed by atoms with Crippen molar-refractivity contribution in [2.45, 2.75) is 39.7 Å². The normalized spacial score (nSPS) is 12.0. The Morgan fingerprint density at radius 2 is 2.06 bits per heavy atom. The van der Waals surface area contributed by atoms with Crippen molar-refractivity contribution < 1.29 is 19.0 Å². The highest BCUT2D eigenvalue weighted by atomic mass is 79.9. The number of benzene rings is 2. The van der Waals surface area contributed by atoms with Crippen LogP contribution >= 0.6 is 15.9 Å². The van der Waals surface area contributed by atoms with Gasteiger partial charge in [-0.15, -0.1) is 6.58 Å². The molecule has 35 heavy (non-hydrogen) atoms. The lowest BCUT2D eigenvalue weighted by molar-refractivity contribution is -0.147. The first-order chi connectivity index (χ1) is 16.8. The molecular formula is C26H28BrN3O5. The van der Waals surface area contributed by atoms with Crippen LogP contribution in [-0.2, 0) is 22.4 Å². The Kier molecular flexibility index (Phi) is 8.81. The standard InChI is InChI=1S/C26H28BrN3O5/c1-6-9-18-12-17(13-22(34-8-3)24(18)35-16(4)26(32)33-5)15-28-30-23(7-2)29-21-11-10-19(27)14-20(21)25(30)31/h6,10-16H,1,7-9H2,2-5H3/t16-/m1/s1. The molecule has 0 saturated carbocycles. The number of methoxy groups -OCH3 is 1. The molecule has 0 amide bonds. The fraction of sp³-hybridized carbons (Fsp3) is 0.308. The molecule has 1 heterocycles. The molecule has 0 N–H and O–H groups in total. The van der Waals surface area contributed by atoms with Crippen LogP contribution < -0.4 is 15.0 Å². The van der Waals surface area contributed by atoms with Gasteiger partial charge in [-0.3, -0.25) is 4.79 Å². The zero-order valence-electron chi connectivity index (χ0n) is 20.2. The quantitative estimate of drug-likeness (QED) is 0.210. The molecule has 0 unspecified atom stereocenters. The Labute approximate surface area is 212 Å². The molecule has 1 aromatic heterocycles. The fourth-order valence-corrected chi connectivity index (χ4v) is 3.88. The lowest BCUT2D eigenvalue weighted by Gasteiger charge is -2.19. The summed E-state index contributed by atoms with van der Waals surface area (Å²) >= 11 is 3.41. The Balaban J connectivity index is 2.10. The highest BCUT2D eigenvalue weighted by molar-refractivity contribution is 9.10. The van der Waals surface area contributed by atoms with Gasteiger partial charge in [0.15, 0.2) is 17.6 Å². The zero-order chi connectivity index (χ0) is 25.5. The Hall–Kier alpha value is -3.46. The molecule has 0 fully saturated rings. The number of halogens is 1. The van der Waals surface area contributed by atoms with E-state index >= 15 is 0 Å². The molecule has 0 bridgehead atoms. The minimum Gasteiger partial charge on any atom is -0.490 e. The minimum absolute atomic E-state index is 0.257. The van der Waals surface area contributed by atoms with Gasteiger partial charge in [0.2, 0.25) is 0 Å². The van der Waals surface area contributed by atoms with E-state index in [1.165, 1.54) is 11.8 Å². The maximum absolute atomic E-state index is 13.2. The predicted molar refractivity (Wildman–Crippen MR) is 140 cm³/mol. The number of carbonyl (C=O) groups is 1. The van der Waals surface area contributed by atoms with Crippen LogP contribution in [0.1, 0.15) is 37.7 Å². The van der Waals surface area contributed by atoms with E-state index in [0.717, 1.165) is 10.0 Å². The molecule has 9 heteroatoms. The SMILES string of the molecule is C=CCc1cc(C=Nn2c(CC)nc3ccc(Br)cc3c2=O)cc(OCC)c1O[C@H](C)C(=O)OC. The van der Waals surface area contributed by atoms with Gasteiger partial charge in [-0.1, -0.05) is 28.9 Å². The number of allylic oxidation sites excluding steroid dienone is 1. The summed E-state index contributed by atoms with van der Waals surface area (Å²) in [5.74, 6) is 0.937. The summed E-state index contributed by atoms with van der Waals surface area (Å²) in [5, 5.41) is 4.94. The van der Waals surface area contributed by atoms with Crippen LogP contribution in [0.4, 0.5) is 0 Å². The van der Waals surface area contributed by atoms with E-state index in [9.17, 15) is 9.59 Å². The Morgan fingerprint density at radius 1 is 1.29 bits per heavy atom. The van der Waals surface area contributed by atoms with Crippen LogP contribution in [0.5, 0.6) is 11.5 Å². The third kappa shape index (κ3) is 5.97. The van der Waals surface area contributed by atoms with Gasteiger partial charge >= 0.3 is 5.97 Å². The van der Waals surface area contributed by atoms with Crippen LogP contribution in [-0.4, -0.2) is 41.7 Å². The molecular weight excluding hydrogens is 514 g/mol. The van der Waals surface area contributed by atoms with Crippen molar-refractivity contribution in [1.82, 2.24) is 9.66 Å². The first-order valence-corrected chi connectivity index (χ1v) is 12.0. The summed E-state index contributed by atoms with van der Waals surface area (Å²) in [6, 6.07) is 9.00. The van der Waals surface area contributed by atoms with Crippen LogP contribution in [0.3, 0.4) is 0 Å². The maximum atomic E-state index is 13.2. The number of carbonyl (C=O) groups excluding carboxylic acids is 1. The lowest BCUT2D eigenvalue weighted by Crippen LogP contribution is -2.25. The summed E-state index contributed by atoms with van der Waals surface area (Å²) in [4.78, 5) is 29.7. The van der Waals surface area contributed by atoms with Crippen molar-refractivity contribution in [2.75, 3.05) is 13.7 Å². The number of nitrogens with zero attached hydrogens (tertiary/aromatic N) is 3. The van der Waals surface area contributed by atoms with Gasteiger partial charge in [0.05, 0.1) is 30.8 Å². The highest BCUT2D eigenvalue weighted by Gasteiger charge is 2.21. The number of ether oxygens (including phenoxy) is 3. The second-order valence-corrected chi connectivity index (χ2v) is 8.54. The monoisotopic (exact) mass is 541 g/mol. The second kappa shape index (κ2) is 11.8. The largest absolute Gasteiger partial charge is 0.490 e. The van der Waals surface area contributed by atoms with Crippen LogP contribution in [0.15, 0.2) is 57.4 Å². The molecule has 2 aromatic carbocycles. The van der Waals surface area contributed by atoms with Gasteiger partial charge < -0.3 is 14.2 Å². The van der Waals surface area contributed by atoms with E-state index in [-0.39, 0.29) is 5.56 Å². The molecule has 3 rings (SSSR count). The second-order valence-electron chi connectivity index (χ2n) is 7.62. The van der Waals surface area contributed by atoms with Gasteiger partial charge in [-0.05, 0) is 56.2 Å². The highest BCUT2D eigenvalue weighted by Crippen LogP contribution is 2.34. The van der Waals surface area contributed by atoms with E-state index in [4.69, 9.17) is 14.2 Å². The van der Waals surface area contributed by atoms with E-state index in [1.807, 2.05) is 26.0 Å². The number of aryl methyl sites for hydroxylation is 1. The topological polar surface area (TPSA) is 92.0 Å².